The molecule has 0 bridgehead atoms. The van der Waals surface area contributed by atoms with Gasteiger partial charge in [-0.1, -0.05) is 33.1 Å². The fourth-order valence-corrected chi connectivity index (χ4v) is 4.46. The van der Waals surface area contributed by atoms with Gasteiger partial charge < -0.3 is 30.3 Å². The molecule has 35 heavy (non-hydrogen) atoms. The molecule has 1 fully saturated rings. The highest BCUT2D eigenvalue weighted by Crippen LogP contribution is 2.36. The highest BCUT2D eigenvalue weighted by Gasteiger charge is 2.25. The lowest BCUT2D eigenvalue weighted by molar-refractivity contribution is -0.139. The fraction of sp³-hybridized carbons (Fsp3) is 0.481. The lowest BCUT2D eigenvalue weighted by Crippen LogP contribution is -2.40. The Bertz CT molecular complexity index is 985. The number of anilines is 4. The minimum Gasteiger partial charge on any atom is -0.482 e. The minimum absolute atomic E-state index is 0.368. The highest BCUT2D eigenvalue weighted by atomic mass is 16.5. The second-order valence-corrected chi connectivity index (χ2v) is 9.72. The molecule has 0 aliphatic heterocycles. The maximum absolute atomic E-state index is 13.0. The van der Waals surface area contributed by atoms with E-state index in [1.165, 1.54) is 19.3 Å². The number of urea groups is 1. The zero-order chi connectivity index (χ0) is 25.4. The number of hydrogen-bond donors (Lipinski definition) is 3. The summed E-state index contributed by atoms with van der Waals surface area (Å²) < 4.78 is 5.41. The van der Waals surface area contributed by atoms with Crippen molar-refractivity contribution in [3.63, 3.8) is 0 Å². The molecule has 0 radical (unpaired) electrons. The van der Waals surface area contributed by atoms with E-state index < -0.39 is 12.6 Å². The normalized spacial score (nSPS) is 13.9. The standard InChI is InChI=1S/C27H38N4O4/c1-19(2)17-31(22-8-6-5-7-9-22)25-15-14-23(35-18-26(32)33)16-24(25)29-27(34)28-20-10-12-21(13-11-20)30(3)4/h10-16,19,22H,5-9,17-18H2,1-4H3,(H,32,33)(H2,28,29,34). The molecule has 0 heterocycles. The van der Waals surface area contributed by atoms with E-state index in [1.807, 2.05) is 49.3 Å². The summed E-state index contributed by atoms with van der Waals surface area (Å²) in [5.41, 5.74) is 3.24. The number of carboxylic acid groups (broad SMARTS) is 1. The molecule has 0 aromatic heterocycles. The molecule has 0 unspecified atom stereocenters. The van der Waals surface area contributed by atoms with Crippen LogP contribution in [0.15, 0.2) is 42.5 Å². The van der Waals surface area contributed by atoms with Crippen LogP contribution < -0.4 is 25.2 Å². The fourth-order valence-electron chi connectivity index (χ4n) is 4.46. The average Bonchev–Trinajstić information content (AvgIpc) is 2.82. The first-order valence-corrected chi connectivity index (χ1v) is 12.3. The Balaban J connectivity index is 1.86. The Morgan fingerprint density at radius 2 is 1.71 bits per heavy atom. The van der Waals surface area contributed by atoms with E-state index in [4.69, 9.17) is 9.84 Å². The van der Waals surface area contributed by atoms with Gasteiger partial charge in [0.05, 0.1) is 11.4 Å². The number of carbonyl (C=O) groups is 2. The summed E-state index contributed by atoms with van der Waals surface area (Å²) in [5.74, 6) is -0.210. The molecule has 0 saturated heterocycles. The van der Waals surface area contributed by atoms with Gasteiger partial charge >= 0.3 is 12.0 Å². The molecule has 8 nitrogen and oxygen atoms in total. The number of hydrogen-bond acceptors (Lipinski definition) is 5. The SMILES string of the molecule is CC(C)CN(c1ccc(OCC(=O)O)cc1NC(=O)Nc1ccc(N(C)C)cc1)C1CCCCC1. The molecule has 1 saturated carbocycles. The van der Waals surface area contributed by atoms with Crippen LogP contribution in [0.3, 0.4) is 0 Å². The van der Waals surface area contributed by atoms with Gasteiger partial charge in [0.15, 0.2) is 6.61 Å². The number of carboxylic acids is 1. The van der Waals surface area contributed by atoms with E-state index in [0.29, 0.717) is 29.1 Å². The number of carbonyl (C=O) groups excluding carboxylic acids is 1. The molecule has 2 aromatic carbocycles. The lowest BCUT2D eigenvalue weighted by atomic mass is 9.93. The van der Waals surface area contributed by atoms with Crippen molar-refractivity contribution in [2.75, 3.05) is 47.7 Å². The van der Waals surface area contributed by atoms with Crippen molar-refractivity contribution >= 4 is 34.7 Å². The molecule has 0 atom stereocenters. The molecule has 2 aromatic rings. The van der Waals surface area contributed by atoms with Gasteiger partial charge in [-0.2, -0.15) is 0 Å². The Morgan fingerprint density at radius 3 is 2.31 bits per heavy atom. The zero-order valence-corrected chi connectivity index (χ0v) is 21.2. The van der Waals surface area contributed by atoms with Gasteiger partial charge in [-0.05, 0) is 55.2 Å². The van der Waals surface area contributed by atoms with Gasteiger partial charge in [0.1, 0.15) is 5.75 Å². The maximum atomic E-state index is 13.0. The highest BCUT2D eigenvalue weighted by molar-refractivity contribution is 6.02. The Labute approximate surface area is 208 Å². The van der Waals surface area contributed by atoms with Gasteiger partial charge in [-0.15, -0.1) is 0 Å². The number of ether oxygens (including phenoxy) is 1. The summed E-state index contributed by atoms with van der Waals surface area (Å²) in [6, 6.07) is 13.0. The lowest BCUT2D eigenvalue weighted by Gasteiger charge is -2.38. The average molecular weight is 483 g/mol. The van der Waals surface area contributed by atoms with E-state index in [2.05, 4.69) is 29.4 Å². The van der Waals surface area contributed by atoms with Gasteiger partial charge in [-0.25, -0.2) is 9.59 Å². The Morgan fingerprint density at radius 1 is 1.03 bits per heavy atom. The molecule has 2 amide bonds. The van der Waals surface area contributed by atoms with Crippen molar-refractivity contribution in [3.8, 4) is 5.75 Å². The topological polar surface area (TPSA) is 94.1 Å². The Kier molecular flexibility index (Phi) is 9.23. The Hall–Kier alpha value is -3.42. The number of aliphatic carboxylic acids is 1. The molecular formula is C27H38N4O4. The first-order chi connectivity index (χ1) is 16.7. The van der Waals surface area contributed by atoms with E-state index in [9.17, 15) is 9.59 Å². The number of rotatable bonds is 10. The first-order valence-electron chi connectivity index (χ1n) is 12.3. The van der Waals surface area contributed by atoms with Gasteiger partial charge in [0.2, 0.25) is 0 Å². The second kappa shape index (κ2) is 12.3. The largest absolute Gasteiger partial charge is 0.482 e. The first kappa shape index (κ1) is 26.2. The van der Waals surface area contributed by atoms with E-state index >= 15 is 0 Å². The smallest absolute Gasteiger partial charge is 0.341 e. The number of nitrogens with zero attached hydrogens (tertiary/aromatic N) is 2. The molecule has 1 aliphatic rings. The van der Waals surface area contributed by atoms with E-state index in [-0.39, 0.29) is 6.03 Å². The zero-order valence-electron chi connectivity index (χ0n) is 21.2. The molecule has 190 valence electrons. The van der Waals surface area contributed by atoms with Crippen molar-refractivity contribution in [2.45, 2.75) is 52.0 Å². The van der Waals surface area contributed by atoms with Crippen LogP contribution >= 0.6 is 0 Å². The number of nitrogens with one attached hydrogen (secondary N) is 2. The summed E-state index contributed by atoms with van der Waals surface area (Å²) >= 11 is 0. The van der Waals surface area contributed by atoms with Crippen molar-refractivity contribution in [1.82, 2.24) is 0 Å². The van der Waals surface area contributed by atoms with Crippen LogP contribution in [0, 0.1) is 5.92 Å². The third kappa shape index (κ3) is 7.80. The molecule has 3 N–H and O–H groups in total. The summed E-state index contributed by atoms with van der Waals surface area (Å²) in [4.78, 5) is 28.3. The van der Waals surface area contributed by atoms with Crippen molar-refractivity contribution in [2.24, 2.45) is 5.92 Å². The third-order valence-corrected chi connectivity index (χ3v) is 6.11. The molecule has 1 aliphatic carbocycles. The van der Waals surface area contributed by atoms with Crippen molar-refractivity contribution in [3.05, 3.63) is 42.5 Å². The van der Waals surface area contributed by atoms with Crippen LogP contribution in [0.25, 0.3) is 0 Å². The van der Waals surface area contributed by atoms with Crippen LogP contribution in [0.2, 0.25) is 0 Å². The van der Waals surface area contributed by atoms with Crippen LogP contribution in [0.4, 0.5) is 27.5 Å². The van der Waals surface area contributed by atoms with Crippen LogP contribution in [-0.2, 0) is 4.79 Å². The van der Waals surface area contributed by atoms with Crippen LogP contribution in [0.5, 0.6) is 5.75 Å². The number of amides is 2. The van der Waals surface area contributed by atoms with Crippen LogP contribution in [-0.4, -0.2) is 50.4 Å². The van der Waals surface area contributed by atoms with E-state index in [1.54, 1.807) is 12.1 Å². The monoisotopic (exact) mass is 482 g/mol. The predicted octanol–water partition coefficient (Wildman–Crippen LogP) is 5.66. The summed E-state index contributed by atoms with van der Waals surface area (Å²) in [7, 11) is 3.93. The summed E-state index contributed by atoms with van der Waals surface area (Å²) in [6.07, 6.45) is 5.90. The maximum Gasteiger partial charge on any atom is 0.341 e. The van der Waals surface area contributed by atoms with Gasteiger partial charge in [0.25, 0.3) is 0 Å². The van der Waals surface area contributed by atoms with Crippen LogP contribution in [0.1, 0.15) is 46.0 Å². The third-order valence-electron chi connectivity index (χ3n) is 6.11. The quantitative estimate of drug-likeness (QED) is 0.405. The van der Waals surface area contributed by atoms with Crippen molar-refractivity contribution in [1.29, 1.82) is 0 Å². The van der Waals surface area contributed by atoms with Gasteiger partial charge in [0, 0.05) is 44.1 Å². The molecule has 0 spiro atoms. The minimum atomic E-state index is -1.05. The van der Waals surface area contributed by atoms with E-state index in [0.717, 1.165) is 30.8 Å². The predicted molar refractivity (Wildman–Crippen MR) is 142 cm³/mol. The molecule has 8 heteroatoms. The summed E-state index contributed by atoms with van der Waals surface area (Å²) in [6.45, 7) is 4.80. The second-order valence-electron chi connectivity index (χ2n) is 9.72. The summed E-state index contributed by atoms with van der Waals surface area (Å²) in [5, 5.41) is 14.9. The van der Waals surface area contributed by atoms with Gasteiger partial charge in [-0.3, -0.25) is 0 Å². The molecule has 3 rings (SSSR count). The van der Waals surface area contributed by atoms with Crippen molar-refractivity contribution < 1.29 is 19.4 Å². The number of benzene rings is 2. The molecular weight excluding hydrogens is 444 g/mol.